The van der Waals surface area contributed by atoms with E-state index in [9.17, 15) is 5.11 Å². The molecule has 148 valence electrons. The van der Waals surface area contributed by atoms with E-state index in [4.69, 9.17) is 9.47 Å². The molecule has 0 aromatic heterocycles. The molecule has 0 saturated heterocycles. The maximum Gasteiger partial charge on any atom is 0.142 e. The summed E-state index contributed by atoms with van der Waals surface area (Å²) in [4.78, 5) is 2.36. The quantitative estimate of drug-likeness (QED) is 0.693. The second kappa shape index (κ2) is 7.36. The van der Waals surface area contributed by atoms with Gasteiger partial charge in [-0.1, -0.05) is 36.4 Å². The predicted octanol–water partition coefficient (Wildman–Crippen LogP) is 4.92. The van der Waals surface area contributed by atoms with Crippen molar-refractivity contribution >= 4 is 5.69 Å². The zero-order valence-corrected chi connectivity index (χ0v) is 16.5. The van der Waals surface area contributed by atoms with Crippen molar-refractivity contribution in [3.63, 3.8) is 0 Å². The average Bonchev–Trinajstić information content (AvgIpc) is 2.78. The first-order valence-corrected chi connectivity index (χ1v) is 10.3. The van der Waals surface area contributed by atoms with Gasteiger partial charge in [-0.2, -0.15) is 0 Å². The second-order valence-corrected chi connectivity index (χ2v) is 7.68. The van der Waals surface area contributed by atoms with Crippen LogP contribution in [-0.2, 0) is 0 Å². The van der Waals surface area contributed by atoms with Crippen LogP contribution in [0.2, 0.25) is 0 Å². The van der Waals surface area contributed by atoms with Crippen LogP contribution in [0.4, 0.5) is 5.69 Å². The first-order valence-electron chi connectivity index (χ1n) is 10.3. The molecule has 0 radical (unpaired) electrons. The Morgan fingerprint density at radius 1 is 0.931 bits per heavy atom. The number of aromatic hydroxyl groups is 1. The number of ether oxygens (including phenoxy) is 2. The maximum atomic E-state index is 10.2. The standard InChI is InChI=1S/C25H25NO3/c1-2-26-12-13-28-24-10-8-18(14-22(24)26)25-20-15-19(27)9-11-23(20)29-16-21(25)17-6-4-3-5-7-17/h3-11,14-15,21,25,27H,2,12-13,16H2,1H3. The third-order valence-corrected chi connectivity index (χ3v) is 6.06. The van der Waals surface area contributed by atoms with Crippen LogP contribution in [0.3, 0.4) is 0 Å². The molecule has 5 rings (SSSR count). The zero-order valence-electron chi connectivity index (χ0n) is 16.5. The Labute approximate surface area is 171 Å². The number of hydrogen-bond donors (Lipinski definition) is 1. The molecular weight excluding hydrogens is 362 g/mol. The van der Waals surface area contributed by atoms with Gasteiger partial charge in [-0.05, 0) is 48.4 Å². The van der Waals surface area contributed by atoms with Gasteiger partial charge in [0.15, 0.2) is 0 Å². The lowest BCUT2D eigenvalue weighted by Gasteiger charge is -2.36. The lowest BCUT2D eigenvalue weighted by Crippen LogP contribution is -2.32. The molecule has 29 heavy (non-hydrogen) atoms. The summed E-state index contributed by atoms with van der Waals surface area (Å²) in [7, 11) is 0. The van der Waals surface area contributed by atoms with Gasteiger partial charge in [0.1, 0.15) is 23.9 Å². The Morgan fingerprint density at radius 3 is 2.59 bits per heavy atom. The highest BCUT2D eigenvalue weighted by Gasteiger charge is 2.34. The molecule has 4 nitrogen and oxygen atoms in total. The third kappa shape index (κ3) is 3.19. The molecule has 2 unspecified atom stereocenters. The van der Waals surface area contributed by atoms with Crippen molar-refractivity contribution in [2.75, 3.05) is 31.2 Å². The maximum absolute atomic E-state index is 10.2. The summed E-state index contributed by atoms with van der Waals surface area (Å²) in [6, 6.07) is 22.4. The summed E-state index contributed by atoms with van der Waals surface area (Å²) in [6.07, 6.45) is 0. The molecule has 3 aromatic carbocycles. The van der Waals surface area contributed by atoms with Crippen molar-refractivity contribution in [1.82, 2.24) is 0 Å². The van der Waals surface area contributed by atoms with Crippen molar-refractivity contribution in [3.05, 3.63) is 83.4 Å². The van der Waals surface area contributed by atoms with Gasteiger partial charge < -0.3 is 19.5 Å². The fourth-order valence-corrected chi connectivity index (χ4v) is 4.62. The highest BCUT2D eigenvalue weighted by atomic mass is 16.5. The van der Waals surface area contributed by atoms with Crippen LogP contribution in [0.25, 0.3) is 0 Å². The van der Waals surface area contributed by atoms with Crippen molar-refractivity contribution in [3.8, 4) is 17.2 Å². The second-order valence-electron chi connectivity index (χ2n) is 7.68. The highest BCUT2D eigenvalue weighted by Crippen LogP contribution is 2.48. The van der Waals surface area contributed by atoms with Crippen molar-refractivity contribution in [2.45, 2.75) is 18.8 Å². The molecule has 0 amide bonds. The number of anilines is 1. The van der Waals surface area contributed by atoms with E-state index in [1.54, 1.807) is 6.07 Å². The number of fused-ring (bicyclic) bond motifs is 2. The van der Waals surface area contributed by atoms with E-state index < -0.39 is 0 Å². The molecule has 3 aromatic rings. The summed E-state index contributed by atoms with van der Waals surface area (Å²) in [5.74, 6) is 2.33. The molecular formula is C25H25NO3. The number of benzene rings is 3. The summed E-state index contributed by atoms with van der Waals surface area (Å²) in [6.45, 7) is 5.36. The lowest BCUT2D eigenvalue weighted by molar-refractivity contribution is 0.248. The Morgan fingerprint density at radius 2 is 1.76 bits per heavy atom. The molecule has 2 aliphatic heterocycles. The van der Waals surface area contributed by atoms with E-state index in [2.05, 4.69) is 54.3 Å². The Hall–Kier alpha value is -3.14. The van der Waals surface area contributed by atoms with Crippen molar-refractivity contribution < 1.29 is 14.6 Å². The van der Waals surface area contributed by atoms with Gasteiger partial charge in [0.05, 0.1) is 18.8 Å². The van der Waals surface area contributed by atoms with Gasteiger partial charge in [-0.25, -0.2) is 0 Å². The first-order chi connectivity index (χ1) is 14.2. The Kier molecular flexibility index (Phi) is 4.55. The summed E-state index contributed by atoms with van der Waals surface area (Å²) >= 11 is 0. The van der Waals surface area contributed by atoms with Crippen LogP contribution in [0.1, 0.15) is 35.4 Å². The van der Waals surface area contributed by atoms with Crippen LogP contribution in [-0.4, -0.2) is 31.4 Å². The number of rotatable bonds is 3. The minimum absolute atomic E-state index is 0.0965. The van der Waals surface area contributed by atoms with Crippen LogP contribution < -0.4 is 14.4 Å². The fraction of sp³-hybridized carbons (Fsp3) is 0.280. The summed E-state index contributed by atoms with van der Waals surface area (Å²) in [5, 5.41) is 10.2. The molecule has 0 saturated carbocycles. The van der Waals surface area contributed by atoms with E-state index in [1.807, 2.05) is 18.2 Å². The minimum Gasteiger partial charge on any atom is -0.508 e. The van der Waals surface area contributed by atoms with Crippen LogP contribution in [0, 0.1) is 0 Å². The van der Waals surface area contributed by atoms with Gasteiger partial charge in [0.2, 0.25) is 0 Å². The zero-order chi connectivity index (χ0) is 19.8. The molecule has 0 bridgehead atoms. The van der Waals surface area contributed by atoms with Crippen LogP contribution >= 0.6 is 0 Å². The largest absolute Gasteiger partial charge is 0.508 e. The molecule has 0 fully saturated rings. The first kappa shape index (κ1) is 17.9. The topological polar surface area (TPSA) is 41.9 Å². The number of nitrogens with zero attached hydrogens (tertiary/aromatic N) is 1. The average molecular weight is 387 g/mol. The molecule has 2 atom stereocenters. The van der Waals surface area contributed by atoms with Crippen molar-refractivity contribution in [1.29, 1.82) is 0 Å². The smallest absolute Gasteiger partial charge is 0.142 e. The van der Waals surface area contributed by atoms with Gasteiger partial charge in [0, 0.05) is 23.9 Å². The number of phenols is 1. The molecule has 2 aliphatic rings. The van der Waals surface area contributed by atoms with Gasteiger partial charge in [-0.15, -0.1) is 0 Å². The van der Waals surface area contributed by atoms with E-state index >= 15 is 0 Å². The van der Waals surface area contributed by atoms with Crippen molar-refractivity contribution in [2.24, 2.45) is 0 Å². The Bertz CT molecular complexity index is 1020. The van der Waals surface area contributed by atoms with Gasteiger partial charge >= 0.3 is 0 Å². The number of phenolic OH excluding ortho intramolecular Hbond substituents is 1. The summed E-state index contributed by atoms with van der Waals surface area (Å²) < 4.78 is 12.0. The predicted molar refractivity (Wildman–Crippen MR) is 114 cm³/mol. The monoisotopic (exact) mass is 387 g/mol. The van der Waals surface area contributed by atoms with Crippen LogP contribution in [0.5, 0.6) is 17.2 Å². The number of likely N-dealkylation sites (N-methyl/N-ethyl adjacent to an activating group) is 1. The Balaban J connectivity index is 1.66. The molecule has 2 heterocycles. The van der Waals surface area contributed by atoms with E-state index in [-0.39, 0.29) is 17.6 Å². The van der Waals surface area contributed by atoms with E-state index in [0.717, 1.165) is 42.4 Å². The van der Waals surface area contributed by atoms with Gasteiger partial charge in [0.25, 0.3) is 0 Å². The van der Waals surface area contributed by atoms with Crippen LogP contribution in [0.15, 0.2) is 66.7 Å². The molecule has 0 aliphatic carbocycles. The molecule has 0 spiro atoms. The minimum atomic E-state index is 0.0965. The molecule has 4 heteroatoms. The van der Waals surface area contributed by atoms with Gasteiger partial charge in [-0.3, -0.25) is 0 Å². The van der Waals surface area contributed by atoms with E-state index in [1.165, 1.54) is 11.1 Å². The SMILES string of the molecule is CCN1CCOc2ccc(C3c4cc(O)ccc4OCC3c3ccccc3)cc21. The lowest BCUT2D eigenvalue weighted by atomic mass is 9.75. The molecule has 1 N–H and O–H groups in total. The fourth-order valence-electron chi connectivity index (χ4n) is 4.62. The normalized spacial score (nSPS) is 20.2. The third-order valence-electron chi connectivity index (χ3n) is 6.06. The summed E-state index contributed by atoms with van der Waals surface area (Å²) in [5.41, 5.74) is 4.64. The number of hydrogen-bond acceptors (Lipinski definition) is 4. The highest BCUT2D eigenvalue weighted by molar-refractivity contribution is 5.63. The van der Waals surface area contributed by atoms with E-state index in [0.29, 0.717) is 6.61 Å².